The molecule has 5 nitrogen and oxygen atoms in total. The van der Waals surface area contributed by atoms with E-state index in [1.165, 1.54) is 0 Å². The van der Waals surface area contributed by atoms with Gasteiger partial charge in [-0.15, -0.1) is 0 Å². The number of fused-ring (bicyclic) bond motifs is 1. The van der Waals surface area contributed by atoms with E-state index in [4.69, 9.17) is 0 Å². The van der Waals surface area contributed by atoms with Crippen molar-refractivity contribution in [3.05, 3.63) is 0 Å². The molecular formula is C13H26N2O3. The standard InChI is InChI=1S/C13H26N2O3/c1-3-4-6-14(2)9-8-15-7-5-10(16)11(15)13(18)12(9)17/h9-13,16-18H,3-8H2,1-2H3. The number of aliphatic hydroxyl groups excluding tert-OH is 3. The van der Waals surface area contributed by atoms with Gasteiger partial charge in [0.25, 0.3) is 0 Å². The third-order valence-electron chi connectivity index (χ3n) is 4.47. The van der Waals surface area contributed by atoms with Crippen molar-refractivity contribution in [2.24, 2.45) is 0 Å². The van der Waals surface area contributed by atoms with Crippen LogP contribution in [0.3, 0.4) is 0 Å². The molecule has 0 radical (unpaired) electrons. The predicted molar refractivity (Wildman–Crippen MR) is 69.3 cm³/mol. The number of unbranched alkanes of at least 4 members (excludes halogenated alkanes) is 1. The first-order valence-corrected chi connectivity index (χ1v) is 7.04. The third kappa shape index (κ3) is 2.56. The fraction of sp³-hybridized carbons (Fsp3) is 1.00. The summed E-state index contributed by atoms with van der Waals surface area (Å²) in [6, 6.07) is -0.316. The zero-order chi connectivity index (χ0) is 13.3. The van der Waals surface area contributed by atoms with Crippen LogP contribution in [0.1, 0.15) is 26.2 Å². The number of aliphatic hydroxyl groups is 3. The van der Waals surface area contributed by atoms with E-state index in [0.29, 0.717) is 6.42 Å². The Hall–Kier alpha value is -0.200. The summed E-state index contributed by atoms with van der Waals surface area (Å²) in [6.45, 7) is 4.63. The lowest BCUT2D eigenvalue weighted by Gasteiger charge is -2.46. The fourth-order valence-electron chi connectivity index (χ4n) is 3.27. The monoisotopic (exact) mass is 258 g/mol. The summed E-state index contributed by atoms with van der Waals surface area (Å²) in [4.78, 5) is 4.26. The molecule has 0 bridgehead atoms. The second-order valence-electron chi connectivity index (χ2n) is 5.72. The molecule has 2 rings (SSSR count). The second-order valence-corrected chi connectivity index (χ2v) is 5.72. The molecule has 2 fully saturated rings. The highest BCUT2D eigenvalue weighted by Gasteiger charge is 2.48. The smallest absolute Gasteiger partial charge is 0.0994 e. The quantitative estimate of drug-likeness (QED) is 0.620. The number of likely N-dealkylation sites (N-methyl/N-ethyl adjacent to an activating group) is 1. The van der Waals surface area contributed by atoms with Crippen LogP contribution in [-0.2, 0) is 0 Å². The van der Waals surface area contributed by atoms with E-state index in [9.17, 15) is 15.3 Å². The minimum atomic E-state index is -0.842. The first kappa shape index (κ1) is 14.2. The van der Waals surface area contributed by atoms with Crippen LogP contribution in [0.2, 0.25) is 0 Å². The Morgan fingerprint density at radius 1 is 1.22 bits per heavy atom. The molecule has 0 amide bonds. The highest BCUT2D eigenvalue weighted by molar-refractivity contribution is 5.03. The SMILES string of the molecule is CCCCN(C)C1CN2CCC(O)C2C(O)C1O. The first-order chi connectivity index (χ1) is 8.56. The van der Waals surface area contributed by atoms with Gasteiger partial charge >= 0.3 is 0 Å². The maximum absolute atomic E-state index is 10.2. The molecule has 0 aliphatic carbocycles. The number of hydrogen-bond donors (Lipinski definition) is 3. The zero-order valence-corrected chi connectivity index (χ0v) is 11.4. The number of rotatable bonds is 4. The van der Waals surface area contributed by atoms with Crippen LogP contribution >= 0.6 is 0 Å². The summed E-state index contributed by atoms with van der Waals surface area (Å²) in [5, 5.41) is 30.3. The highest BCUT2D eigenvalue weighted by Crippen LogP contribution is 2.29. The van der Waals surface area contributed by atoms with Crippen molar-refractivity contribution >= 4 is 0 Å². The van der Waals surface area contributed by atoms with E-state index in [0.717, 1.165) is 32.5 Å². The van der Waals surface area contributed by atoms with E-state index in [2.05, 4.69) is 16.7 Å². The van der Waals surface area contributed by atoms with Crippen molar-refractivity contribution in [2.45, 2.75) is 56.6 Å². The van der Waals surface area contributed by atoms with Gasteiger partial charge in [-0.2, -0.15) is 0 Å². The molecule has 2 aliphatic heterocycles. The van der Waals surface area contributed by atoms with Crippen molar-refractivity contribution in [1.82, 2.24) is 9.80 Å². The number of nitrogens with zero attached hydrogens (tertiary/aromatic N) is 2. The van der Waals surface area contributed by atoms with Gasteiger partial charge < -0.3 is 15.3 Å². The normalized spacial score (nSPS) is 41.3. The Balaban J connectivity index is 2.01. The van der Waals surface area contributed by atoms with Crippen LogP contribution in [0.4, 0.5) is 0 Å². The van der Waals surface area contributed by atoms with Gasteiger partial charge in [0.1, 0.15) is 0 Å². The molecule has 0 saturated carbocycles. The van der Waals surface area contributed by atoms with Crippen LogP contribution in [0.15, 0.2) is 0 Å². The molecule has 5 heteroatoms. The summed E-state index contributed by atoms with van der Waals surface area (Å²) in [6.07, 6.45) is 0.811. The van der Waals surface area contributed by atoms with Gasteiger partial charge in [0.2, 0.25) is 0 Å². The zero-order valence-electron chi connectivity index (χ0n) is 11.4. The minimum Gasteiger partial charge on any atom is -0.391 e. The lowest BCUT2D eigenvalue weighted by atomic mass is 9.90. The Morgan fingerprint density at radius 2 is 1.94 bits per heavy atom. The van der Waals surface area contributed by atoms with Gasteiger partial charge in [0, 0.05) is 13.1 Å². The lowest BCUT2D eigenvalue weighted by molar-refractivity contribution is -0.122. The Kier molecular flexibility index (Phi) is 4.61. The molecule has 3 N–H and O–H groups in total. The predicted octanol–water partition coefficient (Wildman–Crippen LogP) is -0.742. The van der Waals surface area contributed by atoms with E-state index in [1.807, 2.05) is 7.05 Å². The van der Waals surface area contributed by atoms with Crippen LogP contribution in [-0.4, -0.2) is 82.2 Å². The van der Waals surface area contributed by atoms with Crippen molar-refractivity contribution in [3.8, 4) is 0 Å². The Labute approximate surface area is 109 Å². The van der Waals surface area contributed by atoms with E-state index in [1.54, 1.807) is 0 Å². The molecule has 2 saturated heterocycles. The molecule has 0 aromatic carbocycles. The van der Waals surface area contributed by atoms with Crippen LogP contribution in [0.25, 0.3) is 0 Å². The summed E-state index contributed by atoms with van der Waals surface area (Å²) in [5.41, 5.74) is 0. The molecular weight excluding hydrogens is 232 g/mol. The molecule has 106 valence electrons. The van der Waals surface area contributed by atoms with Crippen LogP contribution in [0.5, 0.6) is 0 Å². The van der Waals surface area contributed by atoms with Crippen molar-refractivity contribution in [1.29, 1.82) is 0 Å². The summed E-state index contributed by atoms with van der Waals surface area (Å²) in [5.74, 6) is 0. The highest BCUT2D eigenvalue weighted by atomic mass is 16.3. The van der Waals surface area contributed by atoms with E-state index >= 15 is 0 Å². The molecule has 0 spiro atoms. The van der Waals surface area contributed by atoms with Gasteiger partial charge in [-0.25, -0.2) is 0 Å². The maximum atomic E-state index is 10.2. The molecule has 2 heterocycles. The minimum absolute atomic E-state index is 0.0342. The van der Waals surface area contributed by atoms with Crippen molar-refractivity contribution < 1.29 is 15.3 Å². The second kappa shape index (κ2) is 5.84. The fourth-order valence-corrected chi connectivity index (χ4v) is 3.27. The Bertz CT molecular complexity index is 277. The van der Waals surface area contributed by atoms with Gasteiger partial charge in [-0.05, 0) is 26.4 Å². The van der Waals surface area contributed by atoms with Crippen LogP contribution in [0, 0.1) is 0 Å². The van der Waals surface area contributed by atoms with Gasteiger partial charge in [-0.1, -0.05) is 13.3 Å². The number of piperidine rings is 1. The maximum Gasteiger partial charge on any atom is 0.0994 e. The first-order valence-electron chi connectivity index (χ1n) is 7.04. The molecule has 5 atom stereocenters. The van der Waals surface area contributed by atoms with Crippen molar-refractivity contribution in [2.75, 3.05) is 26.7 Å². The largest absolute Gasteiger partial charge is 0.391 e. The van der Waals surface area contributed by atoms with E-state index < -0.39 is 18.3 Å². The number of hydrogen-bond acceptors (Lipinski definition) is 5. The summed E-state index contributed by atoms with van der Waals surface area (Å²) >= 11 is 0. The van der Waals surface area contributed by atoms with Crippen LogP contribution < -0.4 is 0 Å². The topological polar surface area (TPSA) is 67.2 Å². The summed E-state index contributed by atoms with van der Waals surface area (Å²) in [7, 11) is 2.00. The van der Waals surface area contributed by atoms with Gasteiger partial charge in [0.05, 0.1) is 30.4 Å². The van der Waals surface area contributed by atoms with E-state index in [-0.39, 0.29) is 12.1 Å². The lowest BCUT2D eigenvalue weighted by Crippen LogP contribution is -2.65. The van der Waals surface area contributed by atoms with Gasteiger partial charge in [-0.3, -0.25) is 9.80 Å². The molecule has 0 aromatic rings. The average molecular weight is 258 g/mol. The molecule has 2 aliphatic rings. The summed E-state index contributed by atoms with van der Waals surface area (Å²) < 4.78 is 0. The average Bonchev–Trinajstić information content (AvgIpc) is 2.72. The molecule has 0 aromatic heterocycles. The third-order valence-corrected chi connectivity index (χ3v) is 4.47. The Morgan fingerprint density at radius 3 is 2.61 bits per heavy atom. The van der Waals surface area contributed by atoms with Gasteiger partial charge in [0.15, 0.2) is 0 Å². The van der Waals surface area contributed by atoms with Crippen molar-refractivity contribution in [3.63, 3.8) is 0 Å². The molecule has 18 heavy (non-hydrogen) atoms. The molecule has 5 unspecified atom stereocenters.